The summed E-state index contributed by atoms with van der Waals surface area (Å²) in [4.78, 5) is 2.82. The predicted octanol–water partition coefficient (Wildman–Crippen LogP) is 2.89. The lowest BCUT2D eigenvalue weighted by Crippen LogP contribution is -2.62. The van der Waals surface area contributed by atoms with Crippen LogP contribution < -0.4 is 5.32 Å². The first kappa shape index (κ1) is 12.9. The molecule has 0 bridgehead atoms. The Bertz CT molecular complexity index is 279. The van der Waals surface area contributed by atoms with Gasteiger partial charge in [0.15, 0.2) is 0 Å². The summed E-state index contributed by atoms with van der Waals surface area (Å²) in [7, 11) is 0. The van der Waals surface area contributed by atoms with E-state index in [9.17, 15) is 0 Å². The fraction of sp³-hybridized carbons (Fsp3) is 1.00. The van der Waals surface area contributed by atoms with Gasteiger partial charge < -0.3 is 5.32 Å². The van der Waals surface area contributed by atoms with E-state index >= 15 is 0 Å². The highest BCUT2D eigenvalue weighted by molar-refractivity contribution is 4.97. The van der Waals surface area contributed by atoms with E-state index in [0.717, 1.165) is 23.8 Å². The van der Waals surface area contributed by atoms with Crippen molar-refractivity contribution in [2.75, 3.05) is 19.6 Å². The maximum absolute atomic E-state index is 3.71. The van der Waals surface area contributed by atoms with Crippen molar-refractivity contribution in [1.82, 2.24) is 10.2 Å². The first-order valence-corrected chi connectivity index (χ1v) is 8.08. The Balaban J connectivity index is 1.63. The summed E-state index contributed by atoms with van der Waals surface area (Å²) in [6.07, 6.45) is 7.38. The Morgan fingerprint density at radius 3 is 2.28 bits per heavy atom. The summed E-state index contributed by atoms with van der Waals surface area (Å²) in [6, 6.07) is 0.776. The van der Waals surface area contributed by atoms with Crippen LogP contribution in [0.2, 0.25) is 0 Å². The maximum Gasteiger partial charge on any atom is 0.0252 e. The molecule has 0 spiro atoms. The van der Waals surface area contributed by atoms with Crippen LogP contribution in [0.4, 0.5) is 0 Å². The molecule has 3 aliphatic rings. The SMILES string of the molecule is CCC1CNC(C)(C)CN1CC(C1CC1)C1CC1. The van der Waals surface area contributed by atoms with Crippen molar-refractivity contribution in [2.45, 2.75) is 64.5 Å². The van der Waals surface area contributed by atoms with E-state index in [1.165, 1.54) is 51.7 Å². The monoisotopic (exact) mass is 250 g/mol. The molecular formula is C16H30N2. The van der Waals surface area contributed by atoms with Crippen LogP contribution in [0.5, 0.6) is 0 Å². The van der Waals surface area contributed by atoms with Crippen LogP contribution in [0, 0.1) is 17.8 Å². The first-order valence-electron chi connectivity index (χ1n) is 8.08. The van der Waals surface area contributed by atoms with Gasteiger partial charge in [-0.05, 0) is 63.7 Å². The molecule has 104 valence electrons. The molecule has 3 fully saturated rings. The van der Waals surface area contributed by atoms with Crippen LogP contribution in [0.1, 0.15) is 52.9 Å². The molecule has 1 aliphatic heterocycles. The summed E-state index contributed by atoms with van der Waals surface area (Å²) in [5.74, 6) is 3.22. The van der Waals surface area contributed by atoms with Crippen molar-refractivity contribution < 1.29 is 0 Å². The Morgan fingerprint density at radius 2 is 1.78 bits per heavy atom. The largest absolute Gasteiger partial charge is 0.309 e. The average Bonchev–Trinajstić information content (AvgIpc) is 3.16. The van der Waals surface area contributed by atoms with Crippen molar-refractivity contribution in [1.29, 1.82) is 0 Å². The van der Waals surface area contributed by atoms with E-state index in [0.29, 0.717) is 5.54 Å². The van der Waals surface area contributed by atoms with Crippen LogP contribution in [0.15, 0.2) is 0 Å². The second-order valence-electron chi connectivity index (χ2n) is 7.60. The summed E-state index contributed by atoms with van der Waals surface area (Å²) < 4.78 is 0. The summed E-state index contributed by atoms with van der Waals surface area (Å²) >= 11 is 0. The van der Waals surface area contributed by atoms with E-state index in [2.05, 4.69) is 31.0 Å². The molecule has 18 heavy (non-hydrogen) atoms. The van der Waals surface area contributed by atoms with Crippen LogP contribution in [0.3, 0.4) is 0 Å². The minimum atomic E-state index is 0.309. The highest BCUT2D eigenvalue weighted by atomic mass is 15.2. The molecule has 0 radical (unpaired) electrons. The fourth-order valence-electron chi connectivity index (χ4n) is 3.83. The zero-order valence-electron chi connectivity index (χ0n) is 12.4. The van der Waals surface area contributed by atoms with Gasteiger partial charge in [-0.25, -0.2) is 0 Å². The lowest BCUT2D eigenvalue weighted by molar-refractivity contribution is 0.0687. The Morgan fingerprint density at radius 1 is 1.17 bits per heavy atom. The molecule has 0 aromatic carbocycles. The molecule has 2 aliphatic carbocycles. The van der Waals surface area contributed by atoms with E-state index in [-0.39, 0.29) is 0 Å². The molecule has 1 unspecified atom stereocenters. The Kier molecular flexibility index (Phi) is 3.44. The van der Waals surface area contributed by atoms with Gasteiger partial charge in [-0.15, -0.1) is 0 Å². The molecule has 0 amide bonds. The van der Waals surface area contributed by atoms with E-state index in [4.69, 9.17) is 0 Å². The summed E-state index contributed by atoms with van der Waals surface area (Å²) in [5.41, 5.74) is 0.309. The highest BCUT2D eigenvalue weighted by Crippen LogP contribution is 2.49. The normalized spacial score (nSPS) is 33.0. The van der Waals surface area contributed by atoms with E-state index in [1.54, 1.807) is 0 Å². The van der Waals surface area contributed by atoms with Crippen molar-refractivity contribution in [3.8, 4) is 0 Å². The molecule has 1 atom stereocenters. The number of nitrogens with one attached hydrogen (secondary N) is 1. The van der Waals surface area contributed by atoms with Gasteiger partial charge in [-0.3, -0.25) is 4.90 Å². The van der Waals surface area contributed by atoms with Gasteiger partial charge in [-0.1, -0.05) is 6.92 Å². The smallest absolute Gasteiger partial charge is 0.0252 e. The summed E-state index contributed by atoms with van der Waals surface area (Å²) in [5, 5.41) is 3.71. The zero-order chi connectivity index (χ0) is 12.8. The average molecular weight is 250 g/mol. The first-order chi connectivity index (χ1) is 8.59. The van der Waals surface area contributed by atoms with Crippen LogP contribution in [-0.4, -0.2) is 36.1 Å². The quantitative estimate of drug-likeness (QED) is 0.807. The molecule has 2 heteroatoms. The van der Waals surface area contributed by atoms with Crippen molar-refractivity contribution in [3.05, 3.63) is 0 Å². The van der Waals surface area contributed by atoms with Crippen molar-refractivity contribution in [3.63, 3.8) is 0 Å². The van der Waals surface area contributed by atoms with Crippen LogP contribution in [-0.2, 0) is 0 Å². The second kappa shape index (κ2) is 4.79. The lowest BCUT2D eigenvalue weighted by atomic mass is 9.92. The van der Waals surface area contributed by atoms with E-state index in [1.807, 2.05) is 0 Å². The summed E-state index contributed by atoms with van der Waals surface area (Å²) in [6.45, 7) is 10.9. The maximum atomic E-state index is 3.71. The molecule has 1 saturated heterocycles. The molecule has 2 saturated carbocycles. The fourth-order valence-corrected chi connectivity index (χ4v) is 3.83. The van der Waals surface area contributed by atoms with Gasteiger partial charge in [0.05, 0.1) is 0 Å². The van der Waals surface area contributed by atoms with Crippen LogP contribution in [0.25, 0.3) is 0 Å². The number of piperazine rings is 1. The third-order valence-corrected chi connectivity index (χ3v) is 5.30. The lowest BCUT2D eigenvalue weighted by Gasteiger charge is -2.46. The second-order valence-corrected chi connectivity index (χ2v) is 7.60. The van der Waals surface area contributed by atoms with Gasteiger partial charge in [0.2, 0.25) is 0 Å². The van der Waals surface area contributed by atoms with Crippen molar-refractivity contribution >= 4 is 0 Å². The minimum Gasteiger partial charge on any atom is -0.309 e. The Hall–Kier alpha value is -0.0800. The number of hydrogen-bond acceptors (Lipinski definition) is 2. The molecule has 2 nitrogen and oxygen atoms in total. The number of hydrogen-bond donors (Lipinski definition) is 1. The van der Waals surface area contributed by atoms with Gasteiger partial charge in [0.1, 0.15) is 0 Å². The molecular weight excluding hydrogens is 220 g/mol. The van der Waals surface area contributed by atoms with Crippen molar-refractivity contribution in [2.24, 2.45) is 17.8 Å². The minimum absolute atomic E-state index is 0.309. The third-order valence-electron chi connectivity index (χ3n) is 5.30. The van der Waals surface area contributed by atoms with Gasteiger partial charge in [0.25, 0.3) is 0 Å². The van der Waals surface area contributed by atoms with Gasteiger partial charge in [-0.2, -0.15) is 0 Å². The third kappa shape index (κ3) is 2.91. The highest BCUT2D eigenvalue weighted by Gasteiger charge is 2.43. The molecule has 0 aromatic rings. The molecule has 1 N–H and O–H groups in total. The van der Waals surface area contributed by atoms with Gasteiger partial charge in [0, 0.05) is 31.2 Å². The predicted molar refractivity (Wildman–Crippen MR) is 76.7 cm³/mol. The van der Waals surface area contributed by atoms with Crippen LogP contribution >= 0.6 is 0 Å². The molecule has 3 rings (SSSR count). The number of rotatable bonds is 5. The Labute approximate surface area is 113 Å². The zero-order valence-corrected chi connectivity index (χ0v) is 12.4. The standard InChI is InChI=1S/C16H30N2/c1-4-14-9-17-16(2,3)11-18(14)10-15(12-5-6-12)13-7-8-13/h12-15,17H,4-11H2,1-3H3. The topological polar surface area (TPSA) is 15.3 Å². The molecule has 0 aromatic heterocycles. The number of nitrogens with zero attached hydrogens (tertiary/aromatic N) is 1. The van der Waals surface area contributed by atoms with Gasteiger partial charge >= 0.3 is 0 Å². The van der Waals surface area contributed by atoms with E-state index < -0.39 is 0 Å². The molecule has 1 heterocycles.